The van der Waals surface area contributed by atoms with Crippen LogP contribution in [0.5, 0.6) is 11.5 Å². The summed E-state index contributed by atoms with van der Waals surface area (Å²) in [5, 5.41) is 1.11. The van der Waals surface area contributed by atoms with Gasteiger partial charge in [-0.05, 0) is 112 Å². The number of carbonyl (C=O) groups excluding carboxylic acids is 1. The van der Waals surface area contributed by atoms with Crippen molar-refractivity contribution in [2.24, 2.45) is 4.99 Å². The van der Waals surface area contributed by atoms with Gasteiger partial charge in [0.25, 0.3) is 0 Å². The van der Waals surface area contributed by atoms with Crippen molar-refractivity contribution in [3.63, 3.8) is 0 Å². The zero-order valence-electron chi connectivity index (χ0n) is 17.8. The second-order valence-corrected chi connectivity index (χ2v) is 10.4. The minimum absolute atomic E-state index is 0.177. The summed E-state index contributed by atoms with van der Waals surface area (Å²) in [6.45, 7) is 2.70. The zero-order chi connectivity index (χ0) is 24.2. The molecule has 0 atom stereocenters. The molecule has 0 amide bonds. The van der Waals surface area contributed by atoms with E-state index >= 15 is 0 Å². The molecule has 34 heavy (non-hydrogen) atoms. The van der Waals surface area contributed by atoms with E-state index in [-0.39, 0.29) is 11.6 Å². The summed E-state index contributed by atoms with van der Waals surface area (Å²) in [5.41, 5.74) is 2.42. The van der Waals surface area contributed by atoms with Crippen molar-refractivity contribution in [1.29, 1.82) is 0 Å². The lowest BCUT2D eigenvalue weighted by molar-refractivity contribution is -0.129. The van der Waals surface area contributed by atoms with Crippen LogP contribution in [-0.2, 0) is 16.1 Å². The first kappa shape index (κ1) is 25.3. The topological polar surface area (TPSA) is 57.1 Å². The number of carbonyl (C=O) groups is 1. The highest BCUT2D eigenvalue weighted by molar-refractivity contribution is 14.1. The Kier molecular flexibility index (Phi) is 8.39. The van der Waals surface area contributed by atoms with Crippen LogP contribution in [0.1, 0.15) is 23.6 Å². The maximum absolute atomic E-state index is 12.5. The molecule has 0 saturated heterocycles. The average Bonchev–Trinajstić information content (AvgIpc) is 3.15. The normalized spacial score (nSPS) is 14.2. The fourth-order valence-corrected chi connectivity index (χ4v) is 4.88. The lowest BCUT2D eigenvalue weighted by atomic mass is 10.1. The largest absolute Gasteiger partial charge is 0.490 e. The van der Waals surface area contributed by atoms with Gasteiger partial charge in [-0.15, -0.1) is 0 Å². The Morgan fingerprint density at radius 3 is 2.65 bits per heavy atom. The molecule has 1 heterocycles. The van der Waals surface area contributed by atoms with Crippen LogP contribution in [0.3, 0.4) is 0 Å². The van der Waals surface area contributed by atoms with E-state index in [2.05, 4.69) is 50.2 Å². The van der Waals surface area contributed by atoms with Crippen molar-refractivity contribution < 1.29 is 19.0 Å². The Bertz CT molecular complexity index is 1320. The third-order valence-corrected chi connectivity index (χ3v) is 6.72. The van der Waals surface area contributed by atoms with Gasteiger partial charge >= 0.3 is 5.97 Å². The first-order chi connectivity index (χ1) is 16.3. The van der Waals surface area contributed by atoms with Gasteiger partial charge in [0, 0.05) is 8.59 Å². The van der Waals surface area contributed by atoms with Gasteiger partial charge in [-0.25, -0.2) is 9.79 Å². The van der Waals surface area contributed by atoms with Crippen LogP contribution >= 0.6 is 68.4 Å². The molecule has 0 fully saturated rings. The van der Waals surface area contributed by atoms with Gasteiger partial charge in [-0.2, -0.15) is 0 Å². The van der Waals surface area contributed by atoms with E-state index in [0.717, 1.165) is 18.3 Å². The van der Waals surface area contributed by atoms with Gasteiger partial charge in [-0.1, -0.05) is 35.3 Å². The van der Waals surface area contributed by atoms with Crippen LogP contribution in [0.4, 0.5) is 0 Å². The highest BCUT2D eigenvalue weighted by Crippen LogP contribution is 2.36. The summed E-state index contributed by atoms with van der Waals surface area (Å²) in [5.74, 6) is 0.827. The standard InChI is InChI=1S/C25H17Cl2I2NO4/c1-2-32-22-11-15(9-20(29)23(22)33-13-14-4-3-5-16(26)8-14)10-21-25(31)34-24(30-21)18-12-17(28)6-7-19(18)27/h3-12H,2,13H2,1H3. The lowest BCUT2D eigenvalue weighted by Crippen LogP contribution is -2.06. The van der Waals surface area contributed by atoms with Gasteiger partial charge in [0.1, 0.15) is 6.61 Å². The summed E-state index contributed by atoms with van der Waals surface area (Å²) in [6, 6.07) is 16.6. The van der Waals surface area contributed by atoms with Crippen LogP contribution in [-0.4, -0.2) is 18.5 Å². The number of esters is 1. The molecule has 3 aromatic carbocycles. The van der Waals surface area contributed by atoms with Crippen LogP contribution in [0.2, 0.25) is 10.0 Å². The first-order valence-corrected chi connectivity index (χ1v) is 13.1. The Morgan fingerprint density at radius 2 is 1.88 bits per heavy atom. The summed E-state index contributed by atoms with van der Waals surface area (Å²) in [6.07, 6.45) is 1.66. The second-order valence-electron chi connectivity index (χ2n) is 7.14. The third kappa shape index (κ3) is 6.05. The minimum Gasteiger partial charge on any atom is -0.490 e. The number of nitrogens with zero attached hydrogens (tertiary/aromatic N) is 1. The molecule has 174 valence electrons. The molecule has 0 aromatic heterocycles. The molecule has 1 aliphatic rings. The second kappa shape index (κ2) is 11.3. The monoisotopic (exact) mass is 719 g/mol. The predicted molar refractivity (Wildman–Crippen MR) is 151 cm³/mol. The summed E-state index contributed by atoms with van der Waals surface area (Å²) in [4.78, 5) is 16.9. The van der Waals surface area contributed by atoms with E-state index in [1.165, 1.54) is 0 Å². The Hall–Kier alpha value is -1.82. The molecule has 3 aromatic rings. The van der Waals surface area contributed by atoms with Crippen LogP contribution < -0.4 is 9.47 Å². The third-order valence-electron chi connectivity index (χ3n) is 4.69. The molecule has 4 rings (SSSR count). The predicted octanol–water partition coefficient (Wildman–Crippen LogP) is 7.52. The molecule has 0 spiro atoms. The van der Waals surface area contributed by atoms with Crippen molar-refractivity contribution in [3.8, 4) is 11.5 Å². The van der Waals surface area contributed by atoms with Crippen molar-refractivity contribution in [3.05, 3.63) is 94.2 Å². The summed E-state index contributed by atoms with van der Waals surface area (Å²) >= 11 is 16.7. The first-order valence-electron chi connectivity index (χ1n) is 10.2. The summed E-state index contributed by atoms with van der Waals surface area (Å²) in [7, 11) is 0. The number of aliphatic imine (C=N–C) groups is 1. The van der Waals surface area contributed by atoms with Crippen molar-refractivity contribution in [2.75, 3.05) is 6.61 Å². The maximum Gasteiger partial charge on any atom is 0.363 e. The van der Waals surface area contributed by atoms with Crippen LogP contribution in [0.15, 0.2) is 65.3 Å². The van der Waals surface area contributed by atoms with E-state index in [1.807, 2.05) is 55.5 Å². The molecule has 0 unspecified atom stereocenters. The van der Waals surface area contributed by atoms with Crippen molar-refractivity contribution in [2.45, 2.75) is 13.5 Å². The lowest BCUT2D eigenvalue weighted by Gasteiger charge is -2.15. The van der Waals surface area contributed by atoms with E-state index in [9.17, 15) is 4.79 Å². The molecule has 9 heteroatoms. The van der Waals surface area contributed by atoms with Gasteiger partial charge < -0.3 is 14.2 Å². The molecule has 0 aliphatic carbocycles. The van der Waals surface area contributed by atoms with Gasteiger partial charge in [-0.3, -0.25) is 0 Å². The fourth-order valence-electron chi connectivity index (χ4n) is 3.20. The van der Waals surface area contributed by atoms with Gasteiger partial charge in [0.15, 0.2) is 17.2 Å². The SMILES string of the molecule is CCOc1cc(C=C2N=C(c3cc(I)ccc3Cl)OC2=O)cc(I)c1OCc1cccc(Cl)c1. The molecule has 5 nitrogen and oxygen atoms in total. The number of halogens is 4. The molecule has 0 N–H and O–H groups in total. The van der Waals surface area contributed by atoms with E-state index in [1.54, 1.807) is 12.1 Å². The van der Waals surface area contributed by atoms with Gasteiger partial charge in [0.2, 0.25) is 5.90 Å². The Morgan fingerprint density at radius 1 is 1.06 bits per heavy atom. The number of hydrogen-bond donors (Lipinski definition) is 0. The Labute approximate surface area is 234 Å². The van der Waals surface area contributed by atoms with E-state index in [0.29, 0.717) is 40.3 Å². The molecule has 0 radical (unpaired) electrons. The molecule has 1 aliphatic heterocycles. The number of hydrogen-bond acceptors (Lipinski definition) is 5. The number of ether oxygens (including phenoxy) is 3. The Balaban J connectivity index is 1.63. The summed E-state index contributed by atoms with van der Waals surface area (Å²) < 4.78 is 19.1. The van der Waals surface area contributed by atoms with Crippen LogP contribution in [0, 0.1) is 7.14 Å². The number of rotatable bonds is 7. The minimum atomic E-state index is -0.542. The van der Waals surface area contributed by atoms with Gasteiger partial charge in [0.05, 0.1) is 20.8 Å². The molecule has 0 saturated carbocycles. The smallest absolute Gasteiger partial charge is 0.363 e. The number of cyclic esters (lactones) is 1. The number of benzene rings is 3. The van der Waals surface area contributed by atoms with E-state index < -0.39 is 5.97 Å². The maximum atomic E-state index is 12.5. The highest BCUT2D eigenvalue weighted by Gasteiger charge is 2.26. The molecule has 0 bridgehead atoms. The van der Waals surface area contributed by atoms with Crippen LogP contribution in [0.25, 0.3) is 6.08 Å². The van der Waals surface area contributed by atoms with Crippen molar-refractivity contribution >= 4 is 86.3 Å². The zero-order valence-corrected chi connectivity index (χ0v) is 23.6. The molecular formula is C25H17Cl2I2NO4. The van der Waals surface area contributed by atoms with Crippen molar-refractivity contribution in [1.82, 2.24) is 0 Å². The van der Waals surface area contributed by atoms with E-state index in [4.69, 9.17) is 37.4 Å². The fraction of sp³-hybridized carbons (Fsp3) is 0.120. The average molecular weight is 720 g/mol. The quantitative estimate of drug-likeness (QED) is 0.144. The highest BCUT2D eigenvalue weighted by atomic mass is 127. The molecular weight excluding hydrogens is 703 g/mol.